The number of ether oxygens (including phenoxy) is 1. The molecule has 23 heavy (non-hydrogen) atoms. The van der Waals surface area contributed by atoms with E-state index >= 15 is 0 Å². The average Bonchev–Trinajstić information content (AvgIpc) is 3.01. The first-order valence-electron chi connectivity index (χ1n) is 7.55. The maximum Gasteiger partial charge on any atom is 0.240 e. The van der Waals surface area contributed by atoms with Crippen molar-refractivity contribution in [3.63, 3.8) is 0 Å². The zero-order valence-electron chi connectivity index (χ0n) is 12.7. The summed E-state index contributed by atoms with van der Waals surface area (Å²) in [6, 6.07) is 11.3. The molecule has 1 aromatic heterocycles. The number of carbonyl (C=O) groups excluding carboxylic acids is 2. The second-order valence-corrected chi connectivity index (χ2v) is 6.26. The lowest BCUT2D eigenvalue weighted by Crippen LogP contribution is -2.41. The third-order valence-electron chi connectivity index (χ3n) is 3.61. The standard InChI is InChI=1S/C17H18N2O3S/c20-16(18-9-7-13-4-3-11-23-13)12-19-14-5-1-2-6-15(14)22-10-8-17(19)21/h1-6,11H,7-10,12H2,(H,18,20). The van der Waals surface area contributed by atoms with Crippen LogP contribution in [-0.2, 0) is 16.0 Å². The number of hydrogen-bond acceptors (Lipinski definition) is 4. The first-order chi connectivity index (χ1) is 11.2. The molecule has 0 aliphatic carbocycles. The van der Waals surface area contributed by atoms with Gasteiger partial charge in [-0.2, -0.15) is 0 Å². The van der Waals surface area contributed by atoms with Crippen LogP contribution in [0, 0.1) is 0 Å². The fourth-order valence-electron chi connectivity index (χ4n) is 2.47. The van der Waals surface area contributed by atoms with Crippen molar-refractivity contribution in [1.82, 2.24) is 5.32 Å². The smallest absolute Gasteiger partial charge is 0.240 e. The molecule has 0 saturated carbocycles. The highest BCUT2D eigenvalue weighted by atomic mass is 32.1. The zero-order chi connectivity index (χ0) is 16.1. The number of rotatable bonds is 5. The number of hydrogen-bond donors (Lipinski definition) is 1. The topological polar surface area (TPSA) is 58.6 Å². The van der Waals surface area contributed by atoms with Gasteiger partial charge in [0.05, 0.1) is 18.7 Å². The number of fused-ring (bicyclic) bond motifs is 1. The van der Waals surface area contributed by atoms with Gasteiger partial charge in [-0.25, -0.2) is 0 Å². The van der Waals surface area contributed by atoms with Gasteiger partial charge in [0.25, 0.3) is 0 Å². The fourth-order valence-corrected chi connectivity index (χ4v) is 3.18. The van der Waals surface area contributed by atoms with Gasteiger partial charge in [0.15, 0.2) is 0 Å². The second kappa shape index (κ2) is 7.28. The molecule has 0 radical (unpaired) electrons. The van der Waals surface area contributed by atoms with Gasteiger partial charge in [0, 0.05) is 11.4 Å². The summed E-state index contributed by atoms with van der Waals surface area (Å²) in [6.45, 7) is 0.926. The Bertz CT molecular complexity index is 685. The monoisotopic (exact) mass is 330 g/mol. The minimum atomic E-state index is -0.161. The number of carbonyl (C=O) groups is 2. The van der Waals surface area contributed by atoms with Gasteiger partial charge in [0.1, 0.15) is 12.3 Å². The Morgan fingerprint density at radius 3 is 2.96 bits per heavy atom. The molecule has 1 N–H and O–H groups in total. The van der Waals surface area contributed by atoms with Crippen molar-refractivity contribution in [1.29, 1.82) is 0 Å². The normalized spacial score (nSPS) is 13.9. The highest BCUT2D eigenvalue weighted by Crippen LogP contribution is 2.30. The summed E-state index contributed by atoms with van der Waals surface area (Å²) in [6.07, 6.45) is 1.08. The van der Waals surface area contributed by atoms with Crippen LogP contribution in [0.2, 0.25) is 0 Å². The van der Waals surface area contributed by atoms with Gasteiger partial charge in [-0.05, 0) is 30.0 Å². The first kappa shape index (κ1) is 15.6. The maximum absolute atomic E-state index is 12.2. The number of amides is 2. The molecule has 0 bridgehead atoms. The molecule has 5 nitrogen and oxygen atoms in total. The second-order valence-electron chi connectivity index (χ2n) is 5.23. The van der Waals surface area contributed by atoms with E-state index in [0.717, 1.165) is 6.42 Å². The third-order valence-corrected chi connectivity index (χ3v) is 4.54. The number of nitrogens with zero attached hydrogens (tertiary/aromatic N) is 1. The van der Waals surface area contributed by atoms with Crippen LogP contribution in [0.5, 0.6) is 5.75 Å². The van der Waals surface area contributed by atoms with Crippen LogP contribution >= 0.6 is 11.3 Å². The predicted octanol–water partition coefficient (Wildman–Crippen LogP) is 2.22. The van der Waals surface area contributed by atoms with Crippen LogP contribution in [-0.4, -0.2) is 31.5 Å². The zero-order valence-corrected chi connectivity index (χ0v) is 13.5. The van der Waals surface area contributed by atoms with Crippen LogP contribution in [0.4, 0.5) is 5.69 Å². The van der Waals surface area contributed by atoms with Gasteiger partial charge in [-0.1, -0.05) is 18.2 Å². The molecule has 6 heteroatoms. The van der Waals surface area contributed by atoms with Crippen LogP contribution in [0.3, 0.4) is 0 Å². The summed E-state index contributed by atoms with van der Waals surface area (Å²) in [5.41, 5.74) is 0.656. The largest absolute Gasteiger partial charge is 0.491 e. The van der Waals surface area contributed by atoms with E-state index in [4.69, 9.17) is 4.74 Å². The number of para-hydroxylation sites is 2. The van der Waals surface area contributed by atoms with Crippen LogP contribution in [0.25, 0.3) is 0 Å². The summed E-state index contributed by atoms with van der Waals surface area (Å²) >= 11 is 1.67. The quantitative estimate of drug-likeness (QED) is 0.914. The van der Waals surface area contributed by atoms with Crippen LogP contribution in [0.15, 0.2) is 41.8 Å². The van der Waals surface area contributed by atoms with E-state index in [1.54, 1.807) is 17.4 Å². The molecule has 1 aromatic carbocycles. The lowest BCUT2D eigenvalue weighted by Gasteiger charge is -2.21. The Morgan fingerprint density at radius 2 is 2.13 bits per heavy atom. The third kappa shape index (κ3) is 3.90. The molecule has 2 aromatic rings. The summed E-state index contributed by atoms with van der Waals surface area (Å²) in [4.78, 5) is 27.1. The number of benzene rings is 1. The van der Waals surface area contributed by atoms with Crippen molar-refractivity contribution in [3.8, 4) is 5.75 Å². The Kier molecular flexibility index (Phi) is 4.92. The molecule has 0 atom stereocenters. The van der Waals surface area contributed by atoms with E-state index in [2.05, 4.69) is 5.32 Å². The number of anilines is 1. The van der Waals surface area contributed by atoms with E-state index < -0.39 is 0 Å². The van der Waals surface area contributed by atoms with Crippen molar-refractivity contribution in [2.45, 2.75) is 12.8 Å². The van der Waals surface area contributed by atoms with E-state index in [-0.39, 0.29) is 24.8 Å². The van der Waals surface area contributed by atoms with E-state index in [0.29, 0.717) is 24.6 Å². The van der Waals surface area contributed by atoms with E-state index in [9.17, 15) is 9.59 Å². The van der Waals surface area contributed by atoms with Gasteiger partial charge >= 0.3 is 0 Å². The van der Waals surface area contributed by atoms with E-state index in [1.165, 1.54) is 9.78 Å². The van der Waals surface area contributed by atoms with Crippen molar-refractivity contribution in [3.05, 3.63) is 46.7 Å². The lowest BCUT2D eigenvalue weighted by atomic mass is 10.2. The predicted molar refractivity (Wildman–Crippen MR) is 89.9 cm³/mol. The van der Waals surface area contributed by atoms with Crippen molar-refractivity contribution in [2.75, 3.05) is 24.6 Å². The molecule has 1 aliphatic rings. The van der Waals surface area contributed by atoms with Crippen molar-refractivity contribution >= 4 is 28.8 Å². The van der Waals surface area contributed by atoms with Gasteiger partial charge < -0.3 is 10.1 Å². The SMILES string of the molecule is O=C(CN1C(=O)CCOc2ccccc21)NCCc1cccs1. The molecule has 0 saturated heterocycles. The van der Waals surface area contributed by atoms with Gasteiger partial charge in [0.2, 0.25) is 11.8 Å². The summed E-state index contributed by atoms with van der Waals surface area (Å²) in [5, 5.41) is 4.89. The molecule has 3 rings (SSSR count). The molecule has 2 amide bonds. The molecule has 2 heterocycles. The number of nitrogens with one attached hydrogen (secondary N) is 1. The summed E-state index contributed by atoms with van der Waals surface area (Å²) in [7, 11) is 0. The summed E-state index contributed by atoms with van der Waals surface area (Å²) < 4.78 is 5.57. The molecule has 120 valence electrons. The maximum atomic E-state index is 12.2. The van der Waals surface area contributed by atoms with Gasteiger partial charge in [-0.3, -0.25) is 14.5 Å². The fraction of sp³-hybridized carbons (Fsp3) is 0.294. The Hall–Kier alpha value is -2.34. The number of thiophene rings is 1. The van der Waals surface area contributed by atoms with E-state index in [1.807, 2.05) is 35.7 Å². The first-order valence-corrected chi connectivity index (χ1v) is 8.43. The van der Waals surface area contributed by atoms with Crippen LogP contribution in [0.1, 0.15) is 11.3 Å². The molecule has 0 fully saturated rings. The minimum absolute atomic E-state index is 0.0175. The molecule has 0 unspecified atom stereocenters. The molecular weight excluding hydrogens is 312 g/mol. The molecular formula is C17H18N2O3S. The van der Waals surface area contributed by atoms with Gasteiger partial charge in [-0.15, -0.1) is 11.3 Å². The summed E-state index contributed by atoms with van der Waals surface area (Å²) in [5.74, 6) is 0.389. The molecule has 1 aliphatic heterocycles. The highest BCUT2D eigenvalue weighted by molar-refractivity contribution is 7.09. The minimum Gasteiger partial charge on any atom is -0.491 e. The van der Waals surface area contributed by atoms with Crippen molar-refractivity contribution in [2.24, 2.45) is 0 Å². The Balaban J connectivity index is 1.61. The Morgan fingerprint density at radius 1 is 1.26 bits per heavy atom. The Labute approximate surface area is 138 Å². The molecule has 0 spiro atoms. The average molecular weight is 330 g/mol. The lowest BCUT2D eigenvalue weighted by molar-refractivity contribution is -0.123. The van der Waals surface area contributed by atoms with Crippen molar-refractivity contribution < 1.29 is 14.3 Å². The highest BCUT2D eigenvalue weighted by Gasteiger charge is 2.24. The van der Waals surface area contributed by atoms with Crippen LogP contribution < -0.4 is 15.0 Å².